The second-order valence-corrected chi connectivity index (χ2v) is 8.88. The molecule has 2 aliphatic heterocycles. The third-order valence-electron chi connectivity index (χ3n) is 4.90. The molecule has 0 aromatic heterocycles. The molecule has 0 spiro atoms. The number of amides is 1. The lowest BCUT2D eigenvalue weighted by Crippen LogP contribution is -2.50. The van der Waals surface area contributed by atoms with Crippen LogP contribution in [0.4, 0.5) is 20.6 Å². The van der Waals surface area contributed by atoms with Crippen molar-refractivity contribution in [2.24, 2.45) is 5.14 Å². The minimum Gasteiger partial charge on any atom is -0.442 e. The second kappa shape index (κ2) is 8.78. The number of anilines is 2. The summed E-state index contributed by atoms with van der Waals surface area (Å²) >= 11 is 5.10. The first kappa shape index (κ1) is 21.7. The summed E-state index contributed by atoms with van der Waals surface area (Å²) in [6.45, 7) is 3.65. The Morgan fingerprint density at radius 2 is 2.03 bits per heavy atom. The Balaban J connectivity index is 1.64. The highest BCUT2D eigenvalue weighted by Gasteiger charge is 2.33. The van der Waals surface area contributed by atoms with Gasteiger partial charge in [-0.15, -0.1) is 0 Å². The third-order valence-corrected chi connectivity index (χ3v) is 6.42. The average Bonchev–Trinajstić information content (AvgIpc) is 3.06. The Hall–Kier alpha value is -2.02. The summed E-state index contributed by atoms with van der Waals surface area (Å²) in [5, 5.41) is 8.16. The van der Waals surface area contributed by atoms with Gasteiger partial charge in [0, 0.05) is 26.2 Å². The van der Waals surface area contributed by atoms with E-state index in [1.807, 2.05) is 6.92 Å². The van der Waals surface area contributed by atoms with Gasteiger partial charge in [0.15, 0.2) is 0 Å². The number of piperazine rings is 1. The normalized spacial score (nSPS) is 20.7. The van der Waals surface area contributed by atoms with Crippen molar-refractivity contribution in [3.8, 4) is 0 Å². The lowest BCUT2D eigenvalue weighted by molar-refractivity contribution is 0.143. The van der Waals surface area contributed by atoms with Gasteiger partial charge < -0.3 is 15.0 Å². The van der Waals surface area contributed by atoms with Gasteiger partial charge >= 0.3 is 6.09 Å². The Morgan fingerprint density at radius 3 is 2.62 bits per heavy atom. The van der Waals surface area contributed by atoms with E-state index < -0.39 is 22.1 Å². The quantitative estimate of drug-likeness (QED) is 0.624. The monoisotopic (exact) mass is 445 g/mol. The number of rotatable bonds is 6. The van der Waals surface area contributed by atoms with Crippen LogP contribution < -0.4 is 20.3 Å². The summed E-state index contributed by atoms with van der Waals surface area (Å²) in [5.41, 5.74) is 0.752. The van der Waals surface area contributed by atoms with Crippen LogP contribution in [-0.2, 0) is 14.9 Å². The molecule has 0 unspecified atom stereocenters. The molecule has 3 N–H and O–H groups in total. The molecule has 9 nitrogen and oxygen atoms in total. The first-order valence-electron chi connectivity index (χ1n) is 9.26. The molecule has 1 atom stereocenters. The number of cyclic esters (lactones) is 1. The highest BCUT2D eigenvalue weighted by molar-refractivity contribution is 7.86. The predicted octanol–water partition coefficient (Wildman–Crippen LogP) is 0.803. The maximum atomic E-state index is 14.7. The second-order valence-electron chi connectivity index (χ2n) is 6.84. The van der Waals surface area contributed by atoms with Crippen LogP contribution in [0.5, 0.6) is 0 Å². The molecule has 0 radical (unpaired) electrons. The topological polar surface area (TPSA) is 108 Å². The summed E-state index contributed by atoms with van der Waals surface area (Å²) in [6, 6.07) is 4.52. The lowest BCUT2D eigenvalue weighted by atomic mass is 10.2. The fourth-order valence-corrected chi connectivity index (χ4v) is 4.05. The van der Waals surface area contributed by atoms with E-state index >= 15 is 0 Å². The van der Waals surface area contributed by atoms with E-state index in [4.69, 9.17) is 22.1 Å². The third kappa shape index (κ3) is 5.13. The van der Waals surface area contributed by atoms with Crippen molar-refractivity contribution in [2.45, 2.75) is 19.4 Å². The Kier molecular flexibility index (Phi) is 6.56. The number of benzene rings is 1. The number of thiocarbonyl (C=S) groups is 1. The van der Waals surface area contributed by atoms with Crippen LogP contribution in [0.1, 0.15) is 13.3 Å². The zero-order valence-electron chi connectivity index (χ0n) is 16.0. The molecule has 160 valence electrons. The molecule has 1 aromatic rings. The van der Waals surface area contributed by atoms with Crippen LogP contribution in [0.25, 0.3) is 0 Å². The summed E-state index contributed by atoms with van der Waals surface area (Å²) < 4.78 is 44.0. The highest BCUT2D eigenvalue weighted by atomic mass is 32.2. The highest BCUT2D eigenvalue weighted by Crippen LogP contribution is 2.28. The molecule has 0 bridgehead atoms. The summed E-state index contributed by atoms with van der Waals surface area (Å²) in [6.07, 6.45) is -0.202. The smallest absolute Gasteiger partial charge is 0.414 e. The summed E-state index contributed by atoms with van der Waals surface area (Å²) in [5.74, 6) is -0.493. The lowest BCUT2D eigenvalue weighted by Gasteiger charge is -2.34. The van der Waals surface area contributed by atoms with Gasteiger partial charge in [0.05, 0.1) is 29.5 Å². The first-order valence-corrected chi connectivity index (χ1v) is 11.2. The average molecular weight is 446 g/mol. The zero-order chi connectivity index (χ0) is 21.2. The number of hydrogen-bond acceptors (Lipinski definition) is 6. The molecule has 12 heteroatoms. The maximum absolute atomic E-state index is 14.7. The van der Waals surface area contributed by atoms with Crippen molar-refractivity contribution in [3.05, 3.63) is 24.0 Å². The van der Waals surface area contributed by atoms with Crippen LogP contribution >= 0.6 is 12.2 Å². The van der Waals surface area contributed by atoms with Gasteiger partial charge in [-0.25, -0.2) is 14.3 Å². The van der Waals surface area contributed by atoms with E-state index in [1.165, 1.54) is 11.0 Å². The maximum Gasteiger partial charge on any atom is 0.414 e. The summed E-state index contributed by atoms with van der Waals surface area (Å²) in [7, 11) is -3.74. The van der Waals surface area contributed by atoms with E-state index in [0.29, 0.717) is 49.0 Å². The number of carbonyl (C=O) groups is 1. The van der Waals surface area contributed by atoms with Gasteiger partial charge in [-0.1, -0.05) is 19.1 Å². The predicted molar refractivity (Wildman–Crippen MR) is 112 cm³/mol. The molecule has 1 aromatic carbocycles. The van der Waals surface area contributed by atoms with Crippen LogP contribution in [0.2, 0.25) is 0 Å². The van der Waals surface area contributed by atoms with Crippen molar-refractivity contribution in [1.29, 1.82) is 0 Å². The van der Waals surface area contributed by atoms with Gasteiger partial charge in [-0.2, -0.15) is 12.7 Å². The van der Waals surface area contributed by atoms with E-state index in [9.17, 15) is 17.6 Å². The number of halogens is 1. The minimum atomic E-state index is -3.74. The summed E-state index contributed by atoms with van der Waals surface area (Å²) in [4.78, 5) is 16.0. The Labute approximate surface area is 174 Å². The molecule has 0 aliphatic carbocycles. The van der Waals surface area contributed by atoms with Crippen molar-refractivity contribution >= 4 is 44.9 Å². The Morgan fingerprint density at radius 1 is 1.34 bits per heavy atom. The molecule has 1 amide bonds. The molecule has 2 aliphatic rings. The van der Waals surface area contributed by atoms with Crippen LogP contribution in [-0.4, -0.2) is 69.2 Å². The fraction of sp³-hybridized carbons (Fsp3) is 0.529. The minimum absolute atomic E-state index is 0.187. The van der Waals surface area contributed by atoms with Gasteiger partial charge in [-0.05, 0) is 24.6 Å². The van der Waals surface area contributed by atoms with Gasteiger partial charge in [0.25, 0.3) is 10.2 Å². The number of hydrogen-bond donors (Lipinski definition) is 2. The fourth-order valence-electron chi connectivity index (χ4n) is 3.29. The molecule has 2 heterocycles. The van der Waals surface area contributed by atoms with E-state index in [2.05, 4.69) is 5.32 Å². The van der Waals surface area contributed by atoms with E-state index in [0.717, 1.165) is 4.31 Å². The molecule has 3 rings (SSSR count). The van der Waals surface area contributed by atoms with Gasteiger partial charge in [0.2, 0.25) is 0 Å². The SMILES string of the molecule is CCC(=S)NC[C@H]1CN(c2ccc(N3CCN(S(N)(=O)=O)CC3)c(F)c2)C(=O)O1. The number of carbonyl (C=O) groups excluding carboxylic acids is 1. The van der Waals surface area contributed by atoms with Crippen molar-refractivity contribution in [1.82, 2.24) is 9.62 Å². The molecular formula is C17H24FN5O4S2. The zero-order valence-corrected chi connectivity index (χ0v) is 17.6. The van der Waals surface area contributed by atoms with Crippen LogP contribution in [0, 0.1) is 5.82 Å². The van der Waals surface area contributed by atoms with Gasteiger partial charge in [-0.3, -0.25) is 4.90 Å². The molecule has 0 saturated carbocycles. The van der Waals surface area contributed by atoms with Crippen LogP contribution in [0.15, 0.2) is 18.2 Å². The number of nitrogens with zero attached hydrogens (tertiary/aromatic N) is 3. The molecule has 2 fully saturated rings. The molecule has 2 saturated heterocycles. The molecule has 29 heavy (non-hydrogen) atoms. The number of ether oxygens (including phenoxy) is 1. The van der Waals surface area contributed by atoms with E-state index in [1.54, 1.807) is 17.0 Å². The molecular weight excluding hydrogens is 421 g/mol. The Bertz CT molecular complexity index is 890. The van der Waals surface area contributed by atoms with E-state index in [-0.39, 0.29) is 19.2 Å². The van der Waals surface area contributed by atoms with Gasteiger partial charge in [0.1, 0.15) is 11.9 Å². The standard InChI is InChI=1S/C17H24FN5O4S2/c1-2-16(28)20-10-13-11-23(17(24)27-13)12-3-4-15(14(18)9-12)21-5-7-22(8-6-21)29(19,25)26/h3-4,9,13H,2,5-8,10-11H2,1H3,(H,20,28)(H2,19,25,26)/t13-/m0/s1. The van der Waals surface area contributed by atoms with Crippen molar-refractivity contribution < 1.29 is 22.3 Å². The largest absolute Gasteiger partial charge is 0.442 e. The number of nitrogens with one attached hydrogen (secondary N) is 1. The van der Waals surface area contributed by atoms with Crippen molar-refractivity contribution in [2.75, 3.05) is 49.1 Å². The number of nitrogens with two attached hydrogens (primary N) is 1. The van der Waals surface area contributed by atoms with Crippen molar-refractivity contribution in [3.63, 3.8) is 0 Å². The van der Waals surface area contributed by atoms with Crippen LogP contribution in [0.3, 0.4) is 0 Å². The first-order chi connectivity index (χ1) is 13.7.